The van der Waals surface area contributed by atoms with Gasteiger partial charge in [0.25, 0.3) is 5.19 Å². The minimum Gasteiger partial charge on any atom is -0.429 e. The van der Waals surface area contributed by atoms with E-state index in [-0.39, 0.29) is 22.0 Å². The molecule has 0 saturated carbocycles. The van der Waals surface area contributed by atoms with Gasteiger partial charge in [-0.25, -0.2) is 0 Å². The molecule has 21 heavy (non-hydrogen) atoms. The molecule has 0 spiro atoms. The summed E-state index contributed by atoms with van der Waals surface area (Å²) >= 11 is 0.913. The number of halogens is 3. The number of hydrogen-bond acceptors (Lipinski definition) is 5. The molecule has 114 valence electrons. The molecule has 0 aliphatic rings. The Morgan fingerprint density at radius 2 is 1.86 bits per heavy atom. The van der Waals surface area contributed by atoms with Crippen LogP contribution in [-0.2, 0) is 11.6 Å². The van der Waals surface area contributed by atoms with Crippen molar-refractivity contribution >= 4 is 17.2 Å². The van der Waals surface area contributed by atoms with Gasteiger partial charge in [0, 0.05) is 22.6 Å². The number of alkyl halides is 3. The van der Waals surface area contributed by atoms with Crippen LogP contribution in [0.15, 0.2) is 18.2 Å². The van der Waals surface area contributed by atoms with Crippen LogP contribution in [0.3, 0.4) is 0 Å². The van der Waals surface area contributed by atoms with Crippen LogP contribution >= 0.6 is 11.5 Å². The highest BCUT2D eigenvalue weighted by molar-refractivity contribution is 7.07. The lowest BCUT2D eigenvalue weighted by Crippen LogP contribution is -2.13. The van der Waals surface area contributed by atoms with Crippen molar-refractivity contribution in [1.82, 2.24) is 9.36 Å². The van der Waals surface area contributed by atoms with E-state index < -0.39 is 11.7 Å². The molecule has 0 aliphatic heterocycles. The summed E-state index contributed by atoms with van der Waals surface area (Å²) in [6.45, 7) is 5.72. The highest BCUT2D eigenvalue weighted by atomic mass is 32.1. The number of hydrogen-bond donors (Lipinski definition) is 1. The molecule has 1 aromatic carbocycles. The lowest BCUT2D eigenvalue weighted by atomic mass is 9.96. The van der Waals surface area contributed by atoms with E-state index in [0.29, 0.717) is 5.82 Å². The number of rotatable bonds is 2. The second-order valence-corrected chi connectivity index (χ2v) is 6.20. The molecular formula is C13H14F3N3OS. The lowest BCUT2D eigenvalue weighted by molar-refractivity contribution is -0.138. The van der Waals surface area contributed by atoms with Crippen molar-refractivity contribution in [2.75, 3.05) is 5.73 Å². The number of aromatic nitrogens is 2. The molecule has 0 radical (unpaired) electrons. The van der Waals surface area contributed by atoms with E-state index in [2.05, 4.69) is 9.36 Å². The normalized spacial score (nSPS) is 12.5. The molecule has 0 fully saturated rings. The molecule has 1 aromatic heterocycles. The molecule has 0 aliphatic carbocycles. The summed E-state index contributed by atoms with van der Waals surface area (Å²) in [5.74, 6) is 0.180. The molecule has 2 N–H and O–H groups in total. The monoisotopic (exact) mass is 317 g/mol. The number of benzene rings is 1. The standard InChI is InChI=1S/C13H14F3N3OS/c1-12(2,3)10-18-11(21-19-10)20-9-5-4-7(17)6-8(9)13(14,15)16/h4-6H,17H2,1-3H3. The van der Waals surface area contributed by atoms with Crippen LogP contribution in [0.2, 0.25) is 0 Å². The largest absolute Gasteiger partial charge is 0.429 e. The molecule has 8 heteroatoms. The van der Waals surface area contributed by atoms with Crippen molar-refractivity contribution in [2.24, 2.45) is 0 Å². The Bertz CT molecular complexity index is 647. The van der Waals surface area contributed by atoms with Crippen LogP contribution in [-0.4, -0.2) is 9.36 Å². The van der Waals surface area contributed by atoms with Gasteiger partial charge >= 0.3 is 6.18 Å². The topological polar surface area (TPSA) is 61.0 Å². The Morgan fingerprint density at radius 1 is 1.19 bits per heavy atom. The fourth-order valence-corrected chi connectivity index (χ4v) is 2.24. The summed E-state index contributed by atoms with van der Waals surface area (Å²) in [4.78, 5) is 4.11. The van der Waals surface area contributed by atoms with Crippen LogP contribution in [0, 0.1) is 0 Å². The molecular weight excluding hydrogens is 303 g/mol. The second kappa shape index (κ2) is 5.18. The average Bonchev–Trinajstić information content (AvgIpc) is 2.78. The Labute approximate surface area is 123 Å². The van der Waals surface area contributed by atoms with E-state index in [1.54, 1.807) is 0 Å². The first-order valence-corrected chi connectivity index (χ1v) is 6.83. The highest BCUT2D eigenvalue weighted by Crippen LogP contribution is 2.39. The van der Waals surface area contributed by atoms with Crippen LogP contribution in [0.1, 0.15) is 32.2 Å². The van der Waals surface area contributed by atoms with Crippen molar-refractivity contribution in [3.8, 4) is 10.9 Å². The average molecular weight is 317 g/mol. The first kappa shape index (κ1) is 15.6. The summed E-state index contributed by atoms with van der Waals surface area (Å²) in [7, 11) is 0. The van der Waals surface area contributed by atoms with Crippen LogP contribution < -0.4 is 10.5 Å². The Kier molecular flexibility index (Phi) is 3.83. The molecule has 4 nitrogen and oxygen atoms in total. The van der Waals surface area contributed by atoms with Crippen LogP contribution in [0.5, 0.6) is 10.9 Å². The zero-order chi connectivity index (χ0) is 15.8. The molecule has 0 unspecified atom stereocenters. The van der Waals surface area contributed by atoms with Crippen LogP contribution in [0.4, 0.5) is 18.9 Å². The predicted octanol–water partition coefficient (Wildman–Crippen LogP) is 4.23. The third kappa shape index (κ3) is 3.63. The van der Waals surface area contributed by atoms with Crippen molar-refractivity contribution in [3.63, 3.8) is 0 Å². The minimum atomic E-state index is -4.55. The Morgan fingerprint density at radius 3 is 2.38 bits per heavy atom. The Balaban J connectivity index is 2.34. The van der Waals surface area contributed by atoms with E-state index in [4.69, 9.17) is 10.5 Å². The van der Waals surface area contributed by atoms with Crippen molar-refractivity contribution in [1.29, 1.82) is 0 Å². The molecule has 0 atom stereocenters. The summed E-state index contributed by atoms with van der Waals surface area (Å²) in [6, 6.07) is 3.35. The van der Waals surface area contributed by atoms with Crippen LogP contribution in [0.25, 0.3) is 0 Å². The number of anilines is 1. The minimum absolute atomic E-state index is 0.0160. The number of nitrogen functional groups attached to an aromatic ring is 1. The zero-order valence-electron chi connectivity index (χ0n) is 11.7. The fraction of sp³-hybridized carbons (Fsp3) is 0.385. The Hall–Kier alpha value is -1.83. The number of nitrogens with zero attached hydrogens (tertiary/aromatic N) is 2. The summed E-state index contributed by atoms with van der Waals surface area (Å²) in [5.41, 5.74) is 4.18. The summed E-state index contributed by atoms with van der Waals surface area (Å²) in [6.07, 6.45) is -4.55. The maximum atomic E-state index is 13.0. The quantitative estimate of drug-likeness (QED) is 0.842. The highest BCUT2D eigenvalue weighted by Gasteiger charge is 2.35. The molecule has 0 bridgehead atoms. The zero-order valence-corrected chi connectivity index (χ0v) is 12.5. The van der Waals surface area contributed by atoms with Crippen molar-refractivity contribution in [3.05, 3.63) is 29.6 Å². The van der Waals surface area contributed by atoms with E-state index in [1.807, 2.05) is 20.8 Å². The maximum absolute atomic E-state index is 13.0. The van der Waals surface area contributed by atoms with Gasteiger partial charge in [-0.05, 0) is 18.2 Å². The third-order valence-electron chi connectivity index (χ3n) is 2.58. The van der Waals surface area contributed by atoms with Gasteiger partial charge in [0.2, 0.25) is 0 Å². The molecule has 2 rings (SSSR count). The number of nitrogens with two attached hydrogens (primary N) is 1. The SMILES string of the molecule is CC(C)(C)c1nsc(Oc2ccc(N)cc2C(F)(F)F)n1. The lowest BCUT2D eigenvalue weighted by Gasteiger charge is -2.13. The smallest absolute Gasteiger partial charge is 0.420 e. The molecule has 0 amide bonds. The van der Waals surface area contributed by atoms with Gasteiger partial charge in [0.15, 0.2) is 5.82 Å². The van der Waals surface area contributed by atoms with Gasteiger partial charge in [0.1, 0.15) is 11.3 Å². The fourth-order valence-electron chi connectivity index (χ4n) is 1.51. The molecule has 1 heterocycles. The van der Waals surface area contributed by atoms with Crippen molar-refractivity contribution < 1.29 is 17.9 Å². The van der Waals surface area contributed by atoms with E-state index in [9.17, 15) is 13.2 Å². The molecule has 2 aromatic rings. The first-order valence-electron chi connectivity index (χ1n) is 6.06. The summed E-state index contributed by atoms with van der Waals surface area (Å²) < 4.78 is 48.2. The van der Waals surface area contributed by atoms with Gasteiger partial charge in [-0.15, -0.1) is 0 Å². The first-order chi connectivity index (χ1) is 9.57. The van der Waals surface area contributed by atoms with Gasteiger partial charge < -0.3 is 10.5 Å². The van der Waals surface area contributed by atoms with E-state index in [0.717, 1.165) is 17.6 Å². The number of ether oxygens (including phenoxy) is 1. The van der Waals surface area contributed by atoms with E-state index in [1.165, 1.54) is 12.1 Å². The van der Waals surface area contributed by atoms with Gasteiger partial charge in [-0.2, -0.15) is 22.5 Å². The predicted molar refractivity (Wildman–Crippen MR) is 74.5 cm³/mol. The van der Waals surface area contributed by atoms with E-state index >= 15 is 0 Å². The molecule has 0 saturated heterocycles. The van der Waals surface area contributed by atoms with Crippen molar-refractivity contribution in [2.45, 2.75) is 32.4 Å². The van der Waals surface area contributed by atoms with Gasteiger partial charge in [-0.1, -0.05) is 20.8 Å². The summed E-state index contributed by atoms with van der Waals surface area (Å²) in [5, 5.41) is 0.0650. The van der Waals surface area contributed by atoms with Gasteiger partial charge in [-0.3, -0.25) is 0 Å². The second-order valence-electron chi connectivity index (χ2n) is 5.49. The maximum Gasteiger partial charge on any atom is 0.420 e. The van der Waals surface area contributed by atoms with Gasteiger partial charge in [0.05, 0.1) is 0 Å². The third-order valence-corrected chi connectivity index (χ3v) is 3.18.